The van der Waals surface area contributed by atoms with E-state index in [0.717, 1.165) is 46.6 Å². The molecule has 0 fully saturated rings. The van der Waals surface area contributed by atoms with Gasteiger partial charge in [0.1, 0.15) is 18.1 Å². The minimum Gasteiger partial charge on any atom is -0.507 e. The molecule has 0 aliphatic carbocycles. The maximum atomic E-state index is 13.2. The number of rotatable bonds is 7. The van der Waals surface area contributed by atoms with Crippen LogP contribution >= 0.6 is 0 Å². The topological polar surface area (TPSA) is 81.7 Å². The molecule has 0 atom stereocenters. The van der Waals surface area contributed by atoms with E-state index < -0.39 is 0 Å². The van der Waals surface area contributed by atoms with E-state index >= 15 is 0 Å². The van der Waals surface area contributed by atoms with Gasteiger partial charge in [0.2, 0.25) is 0 Å². The second-order valence-electron chi connectivity index (χ2n) is 8.51. The standard InChI is InChI=1S/C24H30N4O3/c1-5-27(4)8-9-31-18-7-6-16-13-28(14-17(16)10-18)24(30)20-11-19-21(12-22(20)29)25-26-23(19)15(2)3/h6-7,10-12,15,29H,5,8-9,13-14H2,1-4H3,(H,25,26). The van der Waals surface area contributed by atoms with Crippen LogP contribution in [0.2, 0.25) is 0 Å². The summed E-state index contributed by atoms with van der Waals surface area (Å²) in [5, 5.41) is 18.6. The van der Waals surface area contributed by atoms with Crippen molar-refractivity contribution in [2.45, 2.75) is 39.8 Å². The van der Waals surface area contributed by atoms with Crippen LogP contribution in [0.4, 0.5) is 0 Å². The number of aromatic nitrogens is 2. The Hall–Kier alpha value is -3.06. The summed E-state index contributed by atoms with van der Waals surface area (Å²) in [4.78, 5) is 17.2. The first-order chi connectivity index (χ1) is 14.9. The fourth-order valence-corrected chi connectivity index (χ4v) is 3.94. The highest BCUT2D eigenvalue weighted by atomic mass is 16.5. The monoisotopic (exact) mass is 422 g/mol. The number of aromatic amines is 1. The van der Waals surface area contributed by atoms with Crippen molar-refractivity contribution in [3.05, 3.63) is 52.7 Å². The number of benzene rings is 2. The molecular formula is C24H30N4O3. The number of hydrogen-bond acceptors (Lipinski definition) is 5. The second kappa shape index (κ2) is 8.59. The van der Waals surface area contributed by atoms with Gasteiger partial charge in [-0.15, -0.1) is 0 Å². The van der Waals surface area contributed by atoms with Crippen LogP contribution in [0.3, 0.4) is 0 Å². The van der Waals surface area contributed by atoms with Crippen molar-refractivity contribution in [3.63, 3.8) is 0 Å². The van der Waals surface area contributed by atoms with Crippen molar-refractivity contribution in [1.82, 2.24) is 20.0 Å². The molecule has 0 radical (unpaired) electrons. The largest absolute Gasteiger partial charge is 0.507 e. The Bertz CT molecular complexity index is 1110. The van der Waals surface area contributed by atoms with Crippen molar-refractivity contribution >= 4 is 16.8 Å². The first-order valence-electron chi connectivity index (χ1n) is 10.8. The van der Waals surface area contributed by atoms with Crippen LogP contribution in [0.25, 0.3) is 10.9 Å². The molecular weight excluding hydrogens is 392 g/mol. The molecule has 2 N–H and O–H groups in total. The number of nitrogens with zero attached hydrogens (tertiary/aromatic N) is 3. The number of carbonyl (C=O) groups excluding carboxylic acids is 1. The molecule has 3 aromatic rings. The zero-order chi connectivity index (χ0) is 22.1. The Labute approximate surface area is 182 Å². The molecule has 2 aromatic carbocycles. The van der Waals surface area contributed by atoms with Gasteiger partial charge in [-0.1, -0.05) is 26.8 Å². The van der Waals surface area contributed by atoms with E-state index in [0.29, 0.717) is 25.3 Å². The SMILES string of the molecule is CCN(C)CCOc1ccc2c(c1)CN(C(=O)c1cc3c(C(C)C)n[nH]c3cc1O)C2. The second-order valence-corrected chi connectivity index (χ2v) is 8.51. The van der Waals surface area contributed by atoms with E-state index in [4.69, 9.17) is 4.74 Å². The lowest BCUT2D eigenvalue weighted by Gasteiger charge is -2.16. The van der Waals surface area contributed by atoms with Crippen molar-refractivity contribution in [2.24, 2.45) is 0 Å². The molecule has 1 amide bonds. The predicted molar refractivity (Wildman–Crippen MR) is 121 cm³/mol. The molecule has 4 rings (SSSR count). The van der Waals surface area contributed by atoms with Crippen LogP contribution in [-0.2, 0) is 13.1 Å². The summed E-state index contributed by atoms with van der Waals surface area (Å²) in [6, 6.07) is 9.35. The number of likely N-dealkylation sites (N-methyl/N-ethyl adjacent to an activating group) is 1. The van der Waals surface area contributed by atoms with Gasteiger partial charge in [0.05, 0.1) is 16.8 Å². The summed E-state index contributed by atoms with van der Waals surface area (Å²) in [6.45, 7) is 9.73. The number of fused-ring (bicyclic) bond motifs is 2. The van der Waals surface area contributed by atoms with Crippen molar-refractivity contribution in [2.75, 3.05) is 26.7 Å². The quantitative estimate of drug-likeness (QED) is 0.604. The number of phenols is 1. The zero-order valence-corrected chi connectivity index (χ0v) is 18.6. The molecule has 0 saturated heterocycles. The Morgan fingerprint density at radius 1 is 1.26 bits per heavy atom. The molecule has 1 aliphatic rings. The molecule has 1 aliphatic heterocycles. The van der Waals surface area contributed by atoms with Gasteiger partial charge < -0.3 is 19.6 Å². The van der Waals surface area contributed by atoms with Gasteiger partial charge in [-0.25, -0.2) is 0 Å². The number of amides is 1. The van der Waals surface area contributed by atoms with Crippen LogP contribution in [0.1, 0.15) is 53.9 Å². The third kappa shape index (κ3) is 4.23. The van der Waals surface area contributed by atoms with Gasteiger partial charge in [-0.05, 0) is 48.8 Å². The number of phenolic OH excluding ortho intramolecular Hbond substituents is 1. The van der Waals surface area contributed by atoms with Gasteiger partial charge in [-0.2, -0.15) is 5.10 Å². The van der Waals surface area contributed by atoms with Crippen molar-refractivity contribution in [1.29, 1.82) is 0 Å². The Morgan fingerprint density at radius 2 is 2.03 bits per heavy atom. The number of hydrogen-bond donors (Lipinski definition) is 2. The van der Waals surface area contributed by atoms with Gasteiger partial charge in [0.15, 0.2) is 0 Å². The zero-order valence-electron chi connectivity index (χ0n) is 18.6. The first kappa shape index (κ1) is 21.2. The molecule has 0 bridgehead atoms. The summed E-state index contributed by atoms with van der Waals surface area (Å²) in [6.07, 6.45) is 0. The Balaban J connectivity index is 1.50. The van der Waals surface area contributed by atoms with Gasteiger partial charge in [0, 0.05) is 31.1 Å². The van der Waals surface area contributed by atoms with Crippen LogP contribution in [0, 0.1) is 0 Å². The van der Waals surface area contributed by atoms with E-state index in [-0.39, 0.29) is 17.6 Å². The minimum absolute atomic E-state index is 0.0310. The van der Waals surface area contributed by atoms with E-state index in [2.05, 4.69) is 42.9 Å². The number of ether oxygens (including phenoxy) is 1. The Morgan fingerprint density at radius 3 is 2.77 bits per heavy atom. The van der Waals surface area contributed by atoms with Crippen molar-refractivity contribution < 1.29 is 14.6 Å². The molecule has 0 unspecified atom stereocenters. The highest BCUT2D eigenvalue weighted by Crippen LogP contribution is 2.33. The highest BCUT2D eigenvalue weighted by Gasteiger charge is 2.27. The van der Waals surface area contributed by atoms with E-state index in [9.17, 15) is 9.90 Å². The van der Waals surface area contributed by atoms with Crippen LogP contribution < -0.4 is 4.74 Å². The maximum absolute atomic E-state index is 13.2. The van der Waals surface area contributed by atoms with Crippen LogP contribution in [0.15, 0.2) is 30.3 Å². The smallest absolute Gasteiger partial charge is 0.258 e. The van der Waals surface area contributed by atoms with Gasteiger partial charge in [0.25, 0.3) is 5.91 Å². The molecule has 2 heterocycles. The normalized spacial score (nSPS) is 13.4. The summed E-state index contributed by atoms with van der Waals surface area (Å²) in [7, 11) is 2.07. The number of nitrogens with one attached hydrogen (secondary N) is 1. The summed E-state index contributed by atoms with van der Waals surface area (Å²) in [5.74, 6) is 0.824. The number of carbonyl (C=O) groups is 1. The average Bonchev–Trinajstić information content (AvgIpc) is 3.35. The third-order valence-corrected chi connectivity index (χ3v) is 5.95. The number of aromatic hydroxyl groups is 1. The molecule has 164 valence electrons. The summed E-state index contributed by atoms with van der Waals surface area (Å²) < 4.78 is 5.88. The molecule has 7 heteroatoms. The lowest BCUT2D eigenvalue weighted by Crippen LogP contribution is -2.25. The van der Waals surface area contributed by atoms with Crippen LogP contribution in [0.5, 0.6) is 11.5 Å². The molecule has 0 saturated carbocycles. The predicted octanol–water partition coefficient (Wildman–Crippen LogP) is 3.88. The van der Waals surface area contributed by atoms with E-state index in [1.165, 1.54) is 0 Å². The van der Waals surface area contributed by atoms with Crippen molar-refractivity contribution in [3.8, 4) is 11.5 Å². The molecule has 0 spiro atoms. The van der Waals surface area contributed by atoms with Gasteiger partial charge in [-0.3, -0.25) is 9.89 Å². The summed E-state index contributed by atoms with van der Waals surface area (Å²) in [5.41, 5.74) is 4.13. The molecule has 7 nitrogen and oxygen atoms in total. The lowest BCUT2D eigenvalue weighted by atomic mass is 10.0. The molecule has 1 aromatic heterocycles. The van der Waals surface area contributed by atoms with E-state index in [1.54, 1.807) is 17.0 Å². The summed E-state index contributed by atoms with van der Waals surface area (Å²) >= 11 is 0. The molecule has 31 heavy (non-hydrogen) atoms. The van der Waals surface area contributed by atoms with Crippen LogP contribution in [-0.4, -0.2) is 57.8 Å². The first-order valence-corrected chi connectivity index (χ1v) is 10.8. The third-order valence-electron chi connectivity index (χ3n) is 5.95. The average molecular weight is 423 g/mol. The number of H-pyrrole nitrogens is 1. The van der Waals surface area contributed by atoms with Gasteiger partial charge >= 0.3 is 0 Å². The Kier molecular flexibility index (Phi) is 5.87. The van der Waals surface area contributed by atoms with E-state index in [1.807, 2.05) is 18.2 Å². The fourth-order valence-electron chi connectivity index (χ4n) is 3.94. The highest BCUT2D eigenvalue weighted by molar-refractivity contribution is 6.01. The maximum Gasteiger partial charge on any atom is 0.258 e. The minimum atomic E-state index is -0.182. The lowest BCUT2D eigenvalue weighted by molar-refractivity contribution is 0.0748. The fraction of sp³-hybridized carbons (Fsp3) is 0.417.